The number of hydrogen-bond acceptors (Lipinski definition) is 7. The number of hydrogen-bond donors (Lipinski definition) is 2. The highest BCUT2D eigenvalue weighted by Gasteiger charge is 2.20. The number of para-hydroxylation sites is 1. The quantitative estimate of drug-likeness (QED) is 0.576. The Hall–Kier alpha value is -2.87. The summed E-state index contributed by atoms with van der Waals surface area (Å²) in [6.45, 7) is 6.47. The van der Waals surface area contributed by atoms with Gasteiger partial charge in [-0.2, -0.15) is 0 Å². The molecule has 0 bridgehead atoms. The van der Waals surface area contributed by atoms with Gasteiger partial charge in [0.1, 0.15) is 17.0 Å². The summed E-state index contributed by atoms with van der Waals surface area (Å²) < 4.78 is 10.9. The molecule has 29 heavy (non-hydrogen) atoms. The second-order valence-corrected chi connectivity index (χ2v) is 7.75. The van der Waals surface area contributed by atoms with Crippen molar-refractivity contribution in [3.63, 3.8) is 0 Å². The number of anilines is 1. The van der Waals surface area contributed by atoms with Crippen LogP contribution in [0.1, 0.15) is 41.1 Å². The van der Waals surface area contributed by atoms with Crippen LogP contribution in [0, 0.1) is 6.92 Å². The topological polar surface area (TPSA) is 85.4 Å². The number of ether oxygens (including phenoxy) is 2. The maximum atomic E-state index is 12.6. The molecule has 0 radical (unpaired) electrons. The lowest BCUT2D eigenvalue weighted by Crippen LogP contribution is -2.31. The summed E-state index contributed by atoms with van der Waals surface area (Å²) in [4.78, 5) is 22.9. The Kier molecular flexibility index (Phi) is 6.53. The molecule has 0 fully saturated rings. The molecule has 2 N–H and O–H groups in total. The molecule has 0 aliphatic rings. The Bertz CT molecular complexity index is 1020. The van der Waals surface area contributed by atoms with Crippen LogP contribution in [0.15, 0.2) is 24.5 Å². The number of benzene rings is 1. The highest BCUT2D eigenvalue weighted by Crippen LogP contribution is 2.35. The van der Waals surface area contributed by atoms with Gasteiger partial charge < -0.3 is 20.1 Å². The third kappa shape index (κ3) is 4.27. The smallest absolute Gasteiger partial charge is 0.261 e. The Morgan fingerprint density at radius 1 is 1.24 bits per heavy atom. The Balaban J connectivity index is 1.91. The summed E-state index contributed by atoms with van der Waals surface area (Å²) >= 11 is 1.39. The van der Waals surface area contributed by atoms with Gasteiger partial charge >= 0.3 is 0 Å². The molecule has 1 aromatic carbocycles. The maximum absolute atomic E-state index is 12.6. The number of carbonyl (C=O) groups excluding carboxylic acids is 1. The van der Waals surface area contributed by atoms with Crippen LogP contribution in [0.25, 0.3) is 10.2 Å². The average molecular weight is 415 g/mol. The van der Waals surface area contributed by atoms with Gasteiger partial charge in [0.05, 0.1) is 24.5 Å². The van der Waals surface area contributed by atoms with Crippen molar-refractivity contribution in [3.8, 4) is 11.5 Å². The summed E-state index contributed by atoms with van der Waals surface area (Å²) in [5.74, 6) is 1.98. The van der Waals surface area contributed by atoms with E-state index < -0.39 is 0 Å². The molecule has 0 spiro atoms. The number of aromatic nitrogens is 2. The molecule has 1 amide bonds. The molecule has 2 heterocycles. The number of nitrogens with zero attached hydrogens (tertiary/aromatic N) is 2. The lowest BCUT2D eigenvalue weighted by molar-refractivity contribution is 0.0943. The van der Waals surface area contributed by atoms with Crippen LogP contribution in [-0.4, -0.2) is 36.1 Å². The number of amides is 1. The van der Waals surface area contributed by atoms with Crippen molar-refractivity contribution < 1.29 is 14.3 Å². The van der Waals surface area contributed by atoms with E-state index in [1.807, 2.05) is 39.0 Å². The van der Waals surface area contributed by atoms with E-state index in [9.17, 15) is 4.79 Å². The van der Waals surface area contributed by atoms with E-state index in [2.05, 4.69) is 20.6 Å². The molecule has 0 unspecified atom stereocenters. The van der Waals surface area contributed by atoms with E-state index in [0.717, 1.165) is 27.8 Å². The maximum Gasteiger partial charge on any atom is 0.261 e. The first-order valence-electron chi connectivity index (χ1n) is 9.48. The van der Waals surface area contributed by atoms with Crippen LogP contribution in [0.3, 0.4) is 0 Å². The van der Waals surface area contributed by atoms with Crippen molar-refractivity contribution in [1.82, 2.24) is 15.3 Å². The zero-order valence-electron chi connectivity index (χ0n) is 17.3. The van der Waals surface area contributed by atoms with Crippen LogP contribution in [-0.2, 0) is 6.54 Å². The SMILES string of the molecule is CC[C@@H](C)NC(=O)c1sc2ncnc(NCc3cccc(OC)c3OC)c2c1C. The minimum atomic E-state index is -0.0692. The van der Waals surface area contributed by atoms with E-state index in [1.54, 1.807) is 14.2 Å². The third-order valence-electron chi connectivity index (χ3n) is 4.85. The second-order valence-electron chi connectivity index (χ2n) is 6.75. The van der Waals surface area contributed by atoms with Crippen molar-refractivity contribution in [2.45, 2.75) is 39.8 Å². The van der Waals surface area contributed by atoms with E-state index in [-0.39, 0.29) is 11.9 Å². The lowest BCUT2D eigenvalue weighted by Gasteiger charge is -2.14. The van der Waals surface area contributed by atoms with Crippen LogP contribution in [0.4, 0.5) is 5.82 Å². The monoisotopic (exact) mass is 414 g/mol. The number of rotatable bonds is 8. The van der Waals surface area contributed by atoms with Gasteiger partial charge in [-0.15, -0.1) is 11.3 Å². The minimum Gasteiger partial charge on any atom is -0.493 e. The molecule has 154 valence electrons. The van der Waals surface area contributed by atoms with Crippen molar-refractivity contribution >= 4 is 33.3 Å². The van der Waals surface area contributed by atoms with E-state index in [4.69, 9.17) is 9.47 Å². The number of methoxy groups -OCH3 is 2. The highest BCUT2D eigenvalue weighted by molar-refractivity contribution is 7.20. The van der Waals surface area contributed by atoms with Crippen LogP contribution in [0.5, 0.6) is 11.5 Å². The number of fused-ring (bicyclic) bond motifs is 1. The fourth-order valence-electron chi connectivity index (χ4n) is 3.09. The molecule has 3 rings (SSSR count). The fraction of sp³-hybridized carbons (Fsp3) is 0.381. The standard InChI is InChI=1S/C21H26N4O3S/c1-6-12(2)25-20(26)18-13(3)16-19(23-11-24-21(16)29-18)22-10-14-8-7-9-15(27-4)17(14)28-5/h7-9,11-12H,6,10H2,1-5H3,(H,25,26)(H,22,23,24)/t12-/m1/s1. The van der Waals surface area contributed by atoms with Crippen LogP contribution in [0.2, 0.25) is 0 Å². The normalized spacial score (nSPS) is 11.9. The van der Waals surface area contributed by atoms with Crippen molar-refractivity contribution in [2.75, 3.05) is 19.5 Å². The van der Waals surface area contributed by atoms with Gasteiger partial charge in [0.2, 0.25) is 0 Å². The van der Waals surface area contributed by atoms with Gasteiger partial charge in [-0.3, -0.25) is 4.79 Å². The van der Waals surface area contributed by atoms with Crippen LogP contribution >= 0.6 is 11.3 Å². The molecule has 0 aliphatic heterocycles. The number of nitrogens with one attached hydrogen (secondary N) is 2. The highest BCUT2D eigenvalue weighted by atomic mass is 32.1. The molecule has 0 saturated carbocycles. The molecule has 8 heteroatoms. The Morgan fingerprint density at radius 3 is 2.72 bits per heavy atom. The Labute approximate surface area is 174 Å². The molecule has 3 aromatic rings. The van der Waals surface area contributed by atoms with Crippen molar-refractivity contribution in [2.24, 2.45) is 0 Å². The molecule has 1 atom stereocenters. The van der Waals surface area contributed by atoms with Crippen molar-refractivity contribution in [3.05, 3.63) is 40.5 Å². The second kappa shape index (κ2) is 9.09. The summed E-state index contributed by atoms with van der Waals surface area (Å²) in [5, 5.41) is 7.26. The third-order valence-corrected chi connectivity index (χ3v) is 6.05. The lowest BCUT2D eigenvalue weighted by atomic mass is 10.1. The molecule has 7 nitrogen and oxygen atoms in total. The van der Waals surface area contributed by atoms with Gasteiger partial charge in [-0.1, -0.05) is 19.1 Å². The minimum absolute atomic E-state index is 0.0692. The largest absolute Gasteiger partial charge is 0.493 e. The van der Waals surface area contributed by atoms with Crippen molar-refractivity contribution in [1.29, 1.82) is 0 Å². The van der Waals surface area contributed by atoms with Gasteiger partial charge in [-0.25, -0.2) is 9.97 Å². The summed E-state index contributed by atoms with van der Waals surface area (Å²) in [6, 6.07) is 5.87. The van der Waals surface area contributed by atoms with E-state index in [1.165, 1.54) is 17.7 Å². The van der Waals surface area contributed by atoms with Gasteiger partial charge in [0.15, 0.2) is 11.5 Å². The number of thiophene rings is 1. The Morgan fingerprint density at radius 2 is 2.03 bits per heavy atom. The first-order chi connectivity index (χ1) is 14.0. The number of carbonyl (C=O) groups is 1. The molecular weight excluding hydrogens is 388 g/mol. The summed E-state index contributed by atoms with van der Waals surface area (Å²) in [5.41, 5.74) is 1.83. The fourth-order valence-corrected chi connectivity index (χ4v) is 4.14. The van der Waals surface area contributed by atoms with Crippen LogP contribution < -0.4 is 20.1 Å². The van der Waals surface area contributed by atoms with E-state index >= 15 is 0 Å². The summed E-state index contributed by atoms with van der Waals surface area (Å²) in [7, 11) is 3.24. The van der Waals surface area contributed by atoms with Gasteiger partial charge in [-0.05, 0) is 31.9 Å². The van der Waals surface area contributed by atoms with Gasteiger partial charge in [0, 0.05) is 18.2 Å². The van der Waals surface area contributed by atoms with Gasteiger partial charge in [0.25, 0.3) is 5.91 Å². The predicted octanol–water partition coefficient (Wildman–Crippen LogP) is 4.16. The first-order valence-corrected chi connectivity index (χ1v) is 10.3. The molecule has 0 aliphatic carbocycles. The average Bonchev–Trinajstić information content (AvgIpc) is 3.08. The molecular formula is C21H26N4O3S. The predicted molar refractivity (Wildman–Crippen MR) is 116 cm³/mol. The molecule has 2 aromatic heterocycles. The van der Waals surface area contributed by atoms with E-state index in [0.29, 0.717) is 28.7 Å². The molecule has 0 saturated heterocycles. The number of aryl methyl sites for hydroxylation is 1. The summed E-state index contributed by atoms with van der Waals surface area (Å²) in [6.07, 6.45) is 2.39. The zero-order chi connectivity index (χ0) is 21.0. The zero-order valence-corrected chi connectivity index (χ0v) is 18.1. The first kappa shape index (κ1) is 20.9.